The van der Waals surface area contributed by atoms with Gasteiger partial charge in [0.05, 0.1) is 0 Å². The third kappa shape index (κ3) is 0.640. The Labute approximate surface area is 63.6 Å². The van der Waals surface area contributed by atoms with Gasteiger partial charge in [0.2, 0.25) is 5.91 Å². The number of carbonyl (C=O) groups excluding carboxylic acids is 1. The molecule has 2 saturated heterocycles. The van der Waals surface area contributed by atoms with Crippen molar-refractivity contribution in [2.45, 2.75) is 12.8 Å². The van der Waals surface area contributed by atoms with Gasteiger partial charge >= 0.3 is 5.97 Å². The lowest BCUT2D eigenvalue weighted by Gasteiger charge is -2.47. The Balaban J connectivity index is 2.26. The van der Waals surface area contributed by atoms with Crippen molar-refractivity contribution < 1.29 is 14.7 Å². The van der Waals surface area contributed by atoms with E-state index in [1.807, 2.05) is 0 Å². The number of hydrogen-bond donors (Lipinski definition) is 2. The number of rotatable bonds is 1. The van der Waals surface area contributed by atoms with Crippen molar-refractivity contribution in [2.24, 2.45) is 11.3 Å². The second kappa shape index (κ2) is 1.75. The van der Waals surface area contributed by atoms with Gasteiger partial charge in [0.15, 0.2) is 0 Å². The zero-order valence-corrected chi connectivity index (χ0v) is 5.96. The highest BCUT2D eigenvalue weighted by Crippen LogP contribution is 2.48. The number of aliphatic carboxylic acids is 1. The van der Waals surface area contributed by atoms with Crippen LogP contribution in [0.15, 0.2) is 0 Å². The third-order valence-electron chi connectivity index (χ3n) is 2.67. The molecular formula is C7H9NO3. The summed E-state index contributed by atoms with van der Waals surface area (Å²) in [4.78, 5) is 21.8. The highest BCUT2D eigenvalue weighted by atomic mass is 16.4. The van der Waals surface area contributed by atoms with Crippen LogP contribution in [0.25, 0.3) is 0 Å². The highest BCUT2D eigenvalue weighted by Gasteiger charge is 2.59. The summed E-state index contributed by atoms with van der Waals surface area (Å²) in [5.41, 5.74) is -1.05. The molecule has 1 amide bonds. The van der Waals surface area contributed by atoms with Gasteiger partial charge in [-0.2, -0.15) is 0 Å². The minimum atomic E-state index is -1.05. The van der Waals surface area contributed by atoms with Gasteiger partial charge in [-0.25, -0.2) is 0 Å². The number of carbonyl (C=O) groups is 2. The van der Waals surface area contributed by atoms with Crippen molar-refractivity contribution in [1.82, 2.24) is 5.32 Å². The molecule has 0 aromatic heterocycles. The summed E-state index contributed by atoms with van der Waals surface area (Å²) < 4.78 is 0. The zero-order chi connectivity index (χ0) is 8.06. The third-order valence-corrected chi connectivity index (χ3v) is 2.67. The summed E-state index contributed by atoms with van der Waals surface area (Å²) in [6.45, 7) is 0.661. The van der Waals surface area contributed by atoms with Crippen LogP contribution in [0, 0.1) is 11.3 Å². The summed E-state index contributed by atoms with van der Waals surface area (Å²) in [7, 11) is 0. The summed E-state index contributed by atoms with van der Waals surface area (Å²) in [5, 5.41) is 11.3. The zero-order valence-electron chi connectivity index (χ0n) is 5.96. The van der Waals surface area contributed by atoms with Crippen molar-refractivity contribution in [3.05, 3.63) is 0 Å². The molecule has 60 valence electrons. The molecule has 0 radical (unpaired) electrons. The van der Waals surface area contributed by atoms with Gasteiger partial charge in [-0.3, -0.25) is 9.59 Å². The molecule has 3 rings (SSSR count). The maximum absolute atomic E-state index is 11.1. The van der Waals surface area contributed by atoms with Gasteiger partial charge in [0, 0.05) is 6.54 Å². The molecule has 0 aromatic carbocycles. The van der Waals surface area contributed by atoms with Crippen LogP contribution >= 0.6 is 0 Å². The Bertz CT molecular complexity index is 230. The lowest BCUT2D eigenvalue weighted by molar-refractivity contribution is -0.170. The predicted molar refractivity (Wildman–Crippen MR) is 35.8 cm³/mol. The van der Waals surface area contributed by atoms with Gasteiger partial charge in [-0.05, 0) is 18.8 Å². The fourth-order valence-electron chi connectivity index (χ4n) is 1.93. The number of carboxylic acid groups (broad SMARTS) is 1. The topological polar surface area (TPSA) is 66.4 Å². The van der Waals surface area contributed by atoms with Crippen molar-refractivity contribution in [2.75, 3.05) is 6.54 Å². The molecule has 11 heavy (non-hydrogen) atoms. The van der Waals surface area contributed by atoms with Crippen molar-refractivity contribution in [3.63, 3.8) is 0 Å². The molecule has 0 unspecified atom stereocenters. The van der Waals surface area contributed by atoms with Gasteiger partial charge in [-0.1, -0.05) is 0 Å². The number of hydrogen-bond acceptors (Lipinski definition) is 2. The van der Waals surface area contributed by atoms with Crippen molar-refractivity contribution >= 4 is 11.9 Å². The summed E-state index contributed by atoms with van der Waals surface area (Å²) >= 11 is 0. The summed E-state index contributed by atoms with van der Waals surface area (Å²) in [6.07, 6.45) is 1.07. The van der Waals surface area contributed by atoms with Crippen molar-refractivity contribution in [3.8, 4) is 0 Å². The Morgan fingerprint density at radius 1 is 1.64 bits per heavy atom. The molecule has 1 aliphatic carbocycles. The SMILES string of the molecule is O=C(O)C12CC(CNC1=O)C2. The highest BCUT2D eigenvalue weighted by molar-refractivity contribution is 6.03. The maximum atomic E-state index is 11.1. The molecular weight excluding hydrogens is 146 g/mol. The fraction of sp³-hybridized carbons (Fsp3) is 0.714. The van der Waals surface area contributed by atoms with Crippen LogP contribution in [0.2, 0.25) is 0 Å². The van der Waals surface area contributed by atoms with Crippen LogP contribution in [-0.2, 0) is 9.59 Å². The number of carboxylic acids is 1. The smallest absolute Gasteiger partial charge is 0.319 e. The van der Waals surface area contributed by atoms with E-state index in [9.17, 15) is 9.59 Å². The second-order valence-corrected chi connectivity index (χ2v) is 3.37. The standard InChI is InChI=1S/C7H9NO3/c9-5-7(6(10)11)1-4(2-7)3-8-5/h4H,1-3H2,(H,8,9)(H,10,11). The molecule has 0 aromatic rings. The lowest BCUT2D eigenvalue weighted by Crippen LogP contribution is -2.62. The van der Waals surface area contributed by atoms with Gasteiger partial charge in [0.1, 0.15) is 5.41 Å². The first-order valence-electron chi connectivity index (χ1n) is 3.67. The lowest BCUT2D eigenvalue weighted by atomic mass is 9.59. The first kappa shape index (κ1) is 6.64. The number of piperidine rings is 2. The molecule has 2 N–H and O–H groups in total. The van der Waals surface area contributed by atoms with Crippen LogP contribution in [0.3, 0.4) is 0 Å². The fourth-order valence-corrected chi connectivity index (χ4v) is 1.93. The Kier molecular flexibility index (Phi) is 1.06. The maximum Gasteiger partial charge on any atom is 0.319 e. The Morgan fingerprint density at radius 3 is 2.64 bits per heavy atom. The minimum Gasteiger partial charge on any atom is -0.480 e. The summed E-state index contributed by atoms with van der Waals surface area (Å²) in [5.74, 6) is -0.859. The van der Waals surface area contributed by atoms with Crippen molar-refractivity contribution in [1.29, 1.82) is 0 Å². The molecule has 3 fully saturated rings. The number of amides is 1. The molecule has 0 atom stereocenters. The molecule has 4 nitrogen and oxygen atoms in total. The van der Waals surface area contributed by atoms with Crippen LogP contribution in [0.5, 0.6) is 0 Å². The van der Waals surface area contributed by atoms with E-state index in [4.69, 9.17) is 5.11 Å². The van der Waals surface area contributed by atoms with Crippen LogP contribution < -0.4 is 5.32 Å². The van der Waals surface area contributed by atoms with E-state index in [0.29, 0.717) is 25.3 Å². The quantitative estimate of drug-likeness (QED) is 0.506. The molecule has 2 bridgehead atoms. The second-order valence-electron chi connectivity index (χ2n) is 3.37. The van der Waals surface area contributed by atoms with Crippen LogP contribution in [0.1, 0.15) is 12.8 Å². The van der Waals surface area contributed by atoms with Crippen LogP contribution in [0.4, 0.5) is 0 Å². The van der Waals surface area contributed by atoms with E-state index in [1.165, 1.54) is 0 Å². The Hall–Kier alpha value is -1.06. The molecule has 4 heteroatoms. The van der Waals surface area contributed by atoms with Gasteiger partial charge in [0.25, 0.3) is 0 Å². The van der Waals surface area contributed by atoms with Crippen LogP contribution in [-0.4, -0.2) is 23.5 Å². The van der Waals surface area contributed by atoms with Gasteiger partial charge < -0.3 is 10.4 Å². The predicted octanol–water partition coefficient (Wildman–Crippen LogP) is -0.403. The summed E-state index contributed by atoms with van der Waals surface area (Å²) in [6, 6.07) is 0. The normalized spacial score (nSPS) is 40.7. The van der Waals surface area contributed by atoms with Gasteiger partial charge in [-0.15, -0.1) is 0 Å². The first-order chi connectivity index (χ1) is 5.15. The molecule has 2 aliphatic heterocycles. The Morgan fingerprint density at radius 2 is 2.27 bits per heavy atom. The average molecular weight is 155 g/mol. The molecule has 0 spiro atoms. The monoisotopic (exact) mass is 155 g/mol. The van der Waals surface area contributed by atoms with E-state index in [0.717, 1.165) is 0 Å². The minimum absolute atomic E-state index is 0.299. The molecule has 2 heterocycles. The first-order valence-corrected chi connectivity index (χ1v) is 3.67. The van der Waals surface area contributed by atoms with E-state index in [1.54, 1.807) is 0 Å². The van der Waals surface area contributed by atoms with E-state index in [-0.39, 0.29) is 5.91 Å². The molecule has 1 saturated carbocycles. The number of nitrogens with one attached hydrogen (secondary N) is 1. The largest absolute Gasteiger partial charge is 0.480 e. The average Bonchev–Trinajstić information content (AvgIpc) is 1.84. The van der Waals surface area contributed by atoms with E-state index in [2.05, 4.69) is 5.32 Å². The van der Waals surface area contributed by atoms with E-state index < -0.39 is 11.4 Å². The van der Waals surface area contributed by atoms with E-state index >= 15 is 0 Å². The number of fused-ring (bicyclic) bond motifs is 2. The molecule has 3 aliphatic rings.